The third kappa shape index (κ3) is 2.37. The lowest BCUT2D eigenvalue weighted by atomic mass is 9.82. The molecule has 1 saturated carbocycles. The zero-order valence-electron chi connectivity index (χ0n) is 14.5. The van der Waals surface area contributed by atoms with Gasteiger partial charge in [-0.25, -0.2) is 0 Å². The van der Waals surface area contributed by atoms with Crippen LogP contribution >= 0.6 is 10.8 Å². The fraction of sp³-hybridized carbons (Fsp3) is 0.500. The Hall–Kier alpha value is -1.73. The quantitative estimate of drug-likeness (QED) is 0.741. The van der Waals surface area contributed by atoms with Gasteiger partial charge in [0.05, 0.1) is 29.5 Å². The molecule has 1 saturated heterocycles. The molecule has 0 amide bonds. The van der Waals surface area contributed by atoms with E-state index in [1.165, 1.54) is 17.5 Å². The number of ether oxygens (including phenoxy) is 1. The largest absolute Gasteiger partial charge is 0.417 e. The molecule has 2 bridgehead atoms. The smallest absolute Gasteiger partial charge is 0.382 e. The standard InChI is InChI=1S/C18H19F3N2O3S/c1-26-10-17-13-4-2-11(6-13)16(17)9-23(27(17,24)25)14-5-3-12(8-22)15(7-14)18(19,20)21/h2-5,7,11,13,16,24-25H,6,9-10H2,1H3/t11-,13+,16-,17+/m0/s1. The summed E-state index contributed by atoms with van der Waals surface area (Å²) in [6.07, 6.45) is 0.128. The first kappa shape index (κ1) is 18.6. The highest BCUT2D eigenvalue weighted by molar-refractivity contribution is 8.26. The van der Waals surface area contributed by atoms with E-state index in [9.17, 15) is 22.3 Å². The molecule has 0 unspecified atom stereocenters. The van der Waals surface area contributed by atoms with Gasteiger partial charge in [0.2, 0.25) is 0 Å². The second-order valence-corrected chi connectivity index (χ2v) is 9.54. The summed E-state index contributed by atoms with van der Waals surface area (Å²) in [5, 5.41) is 8.98. The maximum absolute atomic E-state index is 13.3. The van der Waals surface area contributed by atoms with Crippen LogP contribution in [0.25, 0.3) is 0 Å². The van der Waals surface area contributed by atoms with Crippen molar-refractivity contribution in [3.8, 4) is 6.07 Å². The Kier molecular flexibility index (Phi) is 4.06. The molecule has 2 N–H and O–H groups in total. The number of fused-ring (bicyclic) bond motifs is 5. The normalized spacial score (nSPS) is 34.6. The zero-order valence-corrected chi connectivity index (χ0v) is 15.3. The molecule has 1 aromatic carbocycles. The van der Waals surface area contributed by atoms with Crippen LogP contribution in [-0.2, 0) is 10.9 Å². The highest BCUT2D eigenvalue weighted by atomic mass is 32.3. The van der Waals surface area contributed by atoms with Crippen molar-refractivity contribution < 1.29 is 27.0 Å². The second kappa shape index (κ2) is 5.88. The first-order valence-electron chi connectivity index (χ1n) is 8.51. The van der Waals surface area contributed by atoms with Crippen molar-refractivity contribution >= 4 is 16.5 Å². The maximum atomic E-state index is 13.3. The SMILES string of the molecule is COC[C@@]12[C@@H]3C=C[C@@H](C3)[C@@H]1CN(c1ccc(C#N)c(C(F)(F)F)c1)S2(O)O. The van der Waals surface area contributed by atoms with Crippen LogP contribution in [0, 0.1) is 29.1 Å². The van der Waals surface area contributed by atoms with Gasteiger partial charge in [0.1, 0.15) is 4.75 Å². The van der Waals surface area contributed by atoms with Gasteiger partial charge in [-0.3, -0.25) is 13.4 Å². The molecule has 2 fully saturated rings. The Bertz CT molecular complexity index is 851. The number of hydrogen-bond acceptors (Lipinski definition) is 5. The Morgan fingerprint density at radius 2 is 2.11 bits per heavy atom. The molecule has 9 heteroatoms. The van der Waals surface area contributed by atoms with Crippen LogP contribution in [0.5, 0.6) is 0 Å². The summed E-state index contributed by atoms with van der Waals surface area (Å²) in [6, 6.07) is 4.81. The van der Waals surface area contributed by atoms with E-state index in [0.717, 1.165) is 18.6 Å². The van der Waals surface area contributed by atoms with E-state index in [0.29, 0.717) is 0 Å². The van der Waals surface area contributed by atoms with Gasteiger partial charge in [-0.15, -0.1) is 10.8 Å². The Morgan fingerprint density at radius 3 is 2.74 bits per heavy atom. The molecule has 4 atom stereocenters. The van der Waals surface area contributed by atoms with Crippen molar-refractivity contribution in [3.05, 3.63) is 41.5 Å². The zero-order chi connectivity index (χ0) is 19.6. The molecular weight excluding hydrogens is 381 g/mol. The summed E-state index contributed by atoms with van der Waals surface area (Å²) in [7, 11) is -1.96. The summed E-state index contributed by atoms with van der Waals surface area (Å²) in [6.45, 7) is 0.366. The number of nitriles is 1. The Labute approximate surface area is 156 Å². The number of nitrogens with zero attached hydrogens (tertiary/aromatic N) is 2. The van der Waals surface area contributed by atoms with Crippen LogP contribution in [0.4, 0.5) is 18.9 Å². The summed E-state index contributed by atoms with van der Waals surface area (Å²) < 4.78 is 68.1. The fourth-order valence-corrected chi connectivity index (χ4v) is 7.70. The van der Waals surface area contributed by atoms with E-state index in [2.05, 4.69) is 6.08 Å². The van der Waals surface area contributed by atoms with Gasteiger partial charge in [0, 0.05) is 25.5 Å². The van der Waals surface area contributed by atoms with Crippen LogP contribution in [-0.4, -0.2) is 34.1 Å². The Balaban J connectivity index is 1.80. The highest BCUT2D eigenvalue weighted by Crippen LogP contribution is 2.74. The predicted octanol–water partition coefficient (Wildman–Crippen LogP) is 4.27. The summed E-state index contributed by atoms with van der Waals surface area (Å²) in [5.41, 5.74) is -1.50. The van der Waals surface area contributed by atoms with Crippen molar-refractivity contribution in [1.29, 1.82) is 5.26 Å². The minimum atomic E-state index is -4.70. The predicted molar refractivity (Wildman–Crippen MR) is 95.2 cm³/mol. The van der Waals surface area contributed by atoms with Crippen molar-refractivity contribution in [1.82, 2.24) is 0 Å². The minimum Gasteiger partial charge on any atom is -0.382 e. The van der Waals surface area contributed by atoms with Gasteiger partial charge < -0.3 is 4.74 Å². The highest BCUT2D eigenvalue weighted by Gasteiger charge is 2.69. The summed E-state index contributed by atoms with van der Waals surface area (Å²) >= 11 is 0. The average Bonchev–Trinajstić information content (AvgIpc) is 3.25. The number of methoxy groups -OCH3 is 1. The molecule has 1 aliphatic heterocycles. The number of halogens is 3. The number of alkyl halides is 3. The van der Waals surface area contributed by atoms with E-state index in [1.54, 1.807) is 6.07 Å². The van der Waals surface area contributed by atoms with Crippen LogP contribution in [0.1, 0.15) is 17.5 Å². The Morgan fingerprint density at radius 1 is 1.37 bits per heavy atom. The molecular formula is C18H19F3N2O3S. The van der Waals surface area contributed by atoms with E-state index in [4.69, 9.17) is 10.00 Å². The number of anilines is 1. The second-order valence-electron chi connectivity index (χ2n) is 7.30. The van der Waals surface area contributed by atoms with Crippen molar-refractivity contribution in [2.24, 2.45) is 17.8 Å². The molecule has 27 heavy (non-hydrogen) atoms. The lowest BCUT2D eigenvalue weighted by Gasteiger charge is -2.51. The third-order valence-corrected chi connectivity index (χ3v) is 8.87. The fourth-order valence-electron chi connectivity index (χ4n) is 5.00. The molecule has 0 spiro atoms. The monoisotopic (exact) mass is 400 g/mol. The molecule has 3 aliphatic rings. The number of rotatable bonds is 3. The van der Waals surface area contributed by atoms with Crippen LogP contribution in [0.3, 0.4) is 0 Å². The molecule has 5 nitrogen and oxygen atoms in total. The topological polar surface area (TPSA) is 76.7 Å². The van der Waals surface area contributed by atoms with Gasteiger partial charge in [0.25, 0.3) is 0 Å². The molecule has 0 aromatic heterocycles. The maximum Gasteiger partial charge on any atom is 0.417 e. The van der Waals surface area contributed by atoms with Gasteiger partial charge >= 0.3 is 6.18 Å². The van der Waals surface area contributed by atoms with E-state index < -0.39 is 32.8 Å². The summed E-state index contributed by atoms with van der Waals surface area (Å²) in [5.74, 6) is -0.0351. The van der Waals surface area contributed by atoms with Crippen molar-refractivity contribution in [2.75, 3.05) is 24.6 Å². The molecule has 2 aliphatic carbocycles. The van der Waals surface area contributed by atoms with Gasteiger partial charge in [-0.05, 0) is 30.5 Å². The minimum absolute atomic E-state index is 0.0607. The molecule has 0 radical (unpaired) electrons. The molecule has 1 aromatic rings. The first-order chi connectivity index (χ1) is 12.7. The van der Waals surface area contributed by atoms with Crippen LogP contribution < -0.4 is 4.31 Å². The average molecular weight is 400 g/mol. The number of hydrogen-bond donors (Lipinski definition) is 2. The van der Waals surface area contributed by atoms with Crippen LogP contribution in [0.2, 0.25) is 0 Å². The van der Waals surface area contributed by atoms with Crippen molar-refractivity contribution in [3.63, 3.8) is 0 Å². The van der Waals surface area contributed by atoms with Gasteiger partial charge in [0.15, 0.2) is 0 Å². The lowest BCUT2D eigenvalue weighted by molar-refractivity contribution is -0.137. The van der Waals surface area contributed by atoms with Gasteiger partial charge in [-0.1, -0.05) is 12.2 Å². The number of allylic oxidation sites excluding steroid dienone is 2. The van der Waals surface area contributed by atoms with Crippen LogP contribution in [0.15, 0.2) is 30.4 Å². The van der Waals surface area contributed by atoms with E-state index in [1.807, 2.05) is 6.08 Å². The summed E-state index contributed by atoms with van der Waals surface area (Å²) in [4.78, 5) is 0. The lowest BCUT2D eigenvalue weighted by Crippen LogP contribution is -2.47. The first-order valence-corrected chi connectivity index (χ1v) is 10.0. The van der Waals surface area contributed by atoms with Gasteiger partial charge in [-0.2, -0.15) is 18.4 Å². The number of benzene rings is 1. The molecule has 4 rings (SSSR count). The van der Waals surface area contributed by atoms with Crippen molar-refractivity contribution in [2.45, 2.75) is 17.3 Å². The van der Waals surface area contributed by atoms with E-state index >= 15 is 0 Å². The van der Waals surface area contributed by atoms with E-state index in [-0.39, 0.29) is 36.6 Å². The molecule has 146 valence electrons. The molecule has 1 heterocycles. The third-order valence-electron chi connectivity index (χ3n) is 6.16.